The minimum Gasteiger partial charge on any atom is -0.361 e. The molecule has 0 aliphatic carbocycles. The molecule has 0 bridgehead atoms. The Bertz CT molecular complexity index is 908. The molecule has 3 aromatic rings. The second-order valence-corrected chi connectivity index (χ2v) is 7.09. The van der Waals surface area contributed by atoms with Gasteiger partial charge in [0.15, 0.2) is 0 Å². The summed E-state index contributed by atoms with van der Waals surface area (Å²) in [6.45, 7) is 2.15. The fraction of sp³-hybridized carbons (Fsp3) is 0.208. The predicted octanol–water partition coefficient (Wildman–Crippen LogP) is 5.27. The molecule has 0 fully saturated rings. The molecule has 0 aromatic heterocycles. The van der Waals surface area contributed by atoms with E-state index in [1.807, 2.05) is 59.5 Å². The van der Waals surface area contributed by atoms with Crippen LogP contribution in [0.3, 0.4) is 0 Å². The smallest absolute Gasteiger partial charge is 0.256 e. The summed E-state index contributed by atoms with van der Waals surface area (Å²) < 4.78 is 0. The zero-order valence-corrected chi connectivity index (χ0v) is 15.5. The van der Waals surface area contributed by atoms with Crippen LogP contribution in [0.25, 0.3) is 0 Å². The van der Waals surface area contributed by atoms with Crippen molar-refractivity contribution in [2.24, 2.45) is 0 Å². The number of benzene rings is 3. The standard InChI is InChI=1S/C24H24N2O/c1-18(16-17-19-10-4-2-5-11-19)26-23(25-20-12-6-3-7-13-20)21-14-8-9-15-22(21)24(26)27/h2-15,18,23,25H,16-17H2,1H3/t18-,23-/m1/s1. The number of para-hydroxylation sites is 1. The Labute approximate surface area is 160 Å². The van der Waals surface area contributed by atoms with E-state index in [0.717, 1.165) is 29.7 Å². The molecular formula is C24H24N2O. The molecule has 0 radical (unpaired) electrons. The van der Waals surface area contributed by atoms with E-state index < -0.39 is 0 Å². The third-order valence-corrected chi connectivity index (χ3v) is 5.24. The van der Waals surface area contributed by atoms with Gasteiger partial charge in [-0.15, -0.1) is 0 Å². The molecule has 1 aliphatic rings. The number of amides is 1. The molecule has 1 N–H and O–H groups in total. The Hall–Kier alpha value is -3.07. The third-order valence-electron chi connectivity index (χ3n) is 5.24. The fourth-order valence-corrected chi connectivity index (χ4v) is 3.79. The van der Waals surface area contributed by atoms with Crippen molar-refractivity contribution in [1.29, 1.82) is 0 Å². The number of carbonyl (C=O) groups is 1. The van der Waals surface area contributed by atoms with Crippen molar-refractivity contribution >= 4 is 11.6 Å². The summed E-state index contributed by atoms with van der Waals surface area (Å²) in [6.07, 6.45) is 1.75. The topological polar surface area (TPSA) is 32.3 Å². The number of carbonyl (C=O) groups excluding carboxylic acids is 1. The van der Waals surface area contributed by atoms with Crippen molar-refractivity contribution in [1.82, 2.24) is 4.90 Å². The van der Waals surface area contributed by atoms with Crippen LogP contribution in [0.1, 0.15) is 41.0 Å². The van der Waals surface area contributed by atoms with Crippen LogP contribution in [0.4, 0.5) is 5.69 Å². The Morgan fingerprint density at radius 1 is 0.889 bits per heavy atom. The van der Waals surface area contributed by atoms with Gasteiger partial charge in [-0.2, -0.15) is 0 Å². The van der Waals surface area contributed by atoms with Crippen LogP contribution >= 0.6 is 0 Å². The van der Waals surface area contributed by atoms with Gasteiger partial charge in [0, 0.05) is 22.9 Å². The number of hydrogen-bond acceptors (Lipinski definition) is 2. The molecule has 0 unspecified atom stereocenters. The summed E-state index contributed by atoms with van der Waals surface area (Å²) in [7, 11) is 0. The van der Waals surface area contributed by atoms with Crippen LogP contribution in [-0.2, 0) is 6.42 Å². The number of fused-ring (bicyclic) bond motifs is 1. The van der Waals surface area contributed by atoms with Gasteiger partial charge in [-0.05, 0) is 43.5 Å². The van der Waals surface area contributed by atoms with Crippen molar-refractivity contribution in [3.8, 4) is 0 Å². The third kappa shape index (κ3) is 3.59. The Morgan fingerprint density at radius 3 is 2.26 bits per heavy atom. The van der Waals surface area contributed by atoms with E-state index >= 15 is 0 Å². The monoisotopic (exact) mass is 356 g/mol. The molecule has 1 aliphatic heterocycles. The van der Waals surface area contributed by atoms with E-state index in [1.165, 1.54) is 5.56 Å². The Kier molecular flexibility index (Phi) is 4.93. The van der Waals surface area contributed by atoms with E-state index in [1.54, 1.807) is 0 Å². The molecule has 1 amide bonds. The number of rotatable bonds is 6. The number of aryl methyl sites for hydroxylation is 1. The van der Waals surface area contributed by atoms with Gasteiger partial charge in [0.2, 0.25) is 0 Å². The molecule has 2 atom stereocenters. The molecule has 0 spiro atoms. The number of nitrogens with zero attached hydrogens (tertiary/aromatic N) is 1. The normalized spacial score (nSPS) is 16.9. The highest BCUT2D eigenvalue weighted by molar-refractivity contribution is 5.99. The maximum atomic E-state index is 13.1. The van der Waals surface area contributed by atoms with Crippen LogP contribution in [0.15, 0.2) is 84.9 Å². The van der Waals surface area contributed by atoms with Crippen molar-refractivity contribution in [2.45, 2.75) is 32.0 Å². The number of nitrogens with one attached hydrogen (secondary N) is 1. The summed E-state index contributed by atoms with van der Waals surface area (Å²) in [5, 5.41) is 3.56. The summed E-state index contributed by atoms with van der Waals surface area (Å²) >= 11 is 0. The van der Waals surface area contributed by atoms with Crippen molar-refractivity contribution in [3.05, 3.63) is 102 Å². The van der Waals surface area contributed by atoms with Gasteiger partial charge < -0.3 is 10.2 Å². The average molecular weight is 356 g/mol. The van der Waals surface area contributed by atoms with Crippen molar-refractivity contribution in [2.75, 3.05) is 5.32 Å². The molecule has 3 aromatic carbocycles. The molecule has 3 nitrogen and oxygen atoms in total. The molecule has 1 heterocycles. The molecule has 4 rings (SSSR count). The number of hydrogen-bond donors (Lipinski definition) is 1. The van der Waals surface area contributed by atoms with Gasteiger partial charge in [-0.1, -0.05) is 66.7 Å². The average Bonchev–Trinajstić information content (AvgIpc) is 3.00. The highest BCUT2D eigenvalue weighted by atomic mass is 16.2. The fourth-order valence-electron chi connectivity index (χ4n) is 3.79. The maximum Gasteiger partial charge on any atom is 0.256 e. The molecular weight excluding hydrogens is 332 g/mol. The minimum atomic E-state index is -0.137. The second kappa shape index (κ2) is 7.67. The van der Waals surface area contributed by atoms with Gasteiger partial charge >= 0.3 is 0 Å². The van der Waals surface area contributed by atoms with Crippen LogP contribution in [0.5, 0.6) is 0 Å². The highest BCUT2D eigenvalue weighted by Gasteiger charge is 2.38. The van der Waals surface area contributed by atoms with E-state index in [0.29, 0.717) is 0 Å². The first-order valence-electron chi connectivity index (χ1n) is 9.51. The quantitative estimate of drug-likeness (QED) is 0.652. The molecule has 3 heteroatoms. The summed E-state index contributed by atoms with van der Waals surface area (Å²) in [5.41, 5.74) is 4.18. The number of anilines is 1. The van der Waals surface area contributed by atoms with Gasteiger partial charge in [0.05, 0.1) is 0 Å². The lowest BCUT2D eigenvalue weighted by Crippen LogP contribution is -2.39. The van der Waals surface area contributed by atoms with Crippen molar-refractivity contribution < 1.29 is 4.79 Å². The first kappa shape index (κ1) is 17.3. The van der Waals surface area contributed by atoms with Crippen molar-refractivity contribution in [3.63, 3.8) is 0 Å². The van der Waals surface area contributed by atoms with E-state index in [-0.39, 0.29) is 18.1 Å². The van der Waals surface area contributed by atoms with Crippen LogP contribution < -0.4 is 5.32 Å². The Morgan fingerprint density at radius 2 is 1.52 bits per heavy atom. The second-order valence-electron chi connectivity index (χ2n) is 7.09. The zero-order chi connectivity index (χ0) is 18.6. The first-order chi connectivity index (χ1) is 13.2. The first-order valence-corrected chi connectivity index (χ1v) is 9.51. The summed E-state index contributed by atoms with van der Waals surface area (Å²) in [6, 6.07) is 28.6. The molecule has 27 heavy (non-hydrogen) atoms. The Balaban J connectivity index is 1.58. The molecule has 0 saturated heterocycles. The van der Waals surface area contributed by atoms with Crippen LogP contribution in [0, 0.1) is 0 Å². The lowest BCUT2D eigenvalue weighted by Gasteiger charge is -2.32. The molecule has 0 saturated carbocycles. The minimum absolute atomic E-state index is 0.111. The van der Waals surface area contributed by atoms with E-state index in [9.17, 15) is 4.79 Å². The van der Waals surface area contributed by atoms with E-state index in [2.05, 4.69) is 42.6 Å². The van der Waals surface area contributed by atoms with Crippen LogP contribution in [0.2, 0.25) is 0 Å². The van der Waals surface area contributed by atoms with Gasteiger partial charge in [-0.25, -0.2) is 0 Å². The van der Waals surface area contributed by atoms with E-state index in [4.69, 9.17) is 0 Å². The van der Waals surface area contributed by atoms with Gasteiger partial charge in [-0.3, -0.25) is 4.79 Å². The zero-order valence-electron chi connectivity index (χ0n) is 15.5. The molecule has 136 valence electrons. The predicted molar refractivity (Wildman–Crippen MR) is 110 cm³/mol. The largest absolute Gasteiger partial charge is 0.361 e. The summed E-state index contributed by atoms with van der Waals surface area (Å²) in [4.78, 5) is 15.1. The summed E-state index contributed by atoms with van der Waals surface area (Å²) in [5.74, 6) is 0.111. The van der Waals surface area contributed by atoms with Gasteiger partial charge in [0.1, 0.15) is 6.17 Å². The maximum absolute atomic E-state index is 13.1. The lowest BCUT2D eigenvalue weighted by atomic mass is 10.0. The SMILES string of the molecule is C[C@H](CCc1ccccc1)N1C(=O)c2ccccc2[C@@H]1Nc1ccccc1. The van der Waals surface area contributed by atoms with Crippen LogP contribution in [-0.4, -0.2) is 16.8 Å². The highest BCUT2D eigenvalue weighted by Crippen LogP contribution is 2.36. The lowest BCUT2D eigenvalue weighted by molar-refractivity contribution is 0.0660. The van der Waals surface area contributed by atoms with Gasteiger partial charge in [0.25, 0.3) is 5.91 Å².